The Kier molecular flexibility index (Phi) is 3.89. The topological polar surface area (TPSA) is 49.4 Å². The Morgan fingerprint density at radius 2 is 1.57 bits per heavy atom. The molecule has 0 spiro atoms. The number of carbonyl (C=O) groups excluding carboxylic acids is 2. The van der Waals surface area contributed by atoms with Crippen LogP contribution < -0.4 is 5.32 Å². The van der Waals surface area contributed by atoms with Gasteiger partial charge in [-0.1, -0.05) is 6.92 Å². The first kappa shape index (κ1) is 15.5. The van der Waals surface area contributed by atoms with Crippen molar-refractivity contribution in [1.29, 1.82) is 0 Å². The van der Waals surface area contributed by atoms with Crippen LogP contribution in [0.1, 0.15) is 51.9 Å². The quantitative estimate of drug-likeness (QED) is 0.846. The Hall–Kier alpha value is -1.06. The Bertz CT molecular complexity index is 476. The molecule has 1 N–H and O–H groups in total. The summed E-state index contributed by atoms with van der Waals surface area (Å²) in [5, 5.41) is 2.94. The summed E-state index contributed by atoms with van der Waals surface area (Å²) in [6.07, 6.45) is 8.26. The molecule has 2 amide bonds. The number of hydrogen-bond acceptors (Lipinski definition) is 2. The summed E-state index contributed by atoms with van der Waals surface area (Å²) < 4.78 is 0. The van der Waals surface area contributed by atoms with Gasteiger partial charge in [0, 0.05) is 32.0 Å². The number of nitrogens with zero attached hydrogens (tertiary/aromatic N) is 1. The lowest BCUT2D eigenvalue weighted by molar-refractivity contribution is -0.141. The zero-order chi connectivity index (χ0) is 16.1. The second-order valence-corrected chi connectivity index (χ2v) is 8.79. The first-order valence-corrected chi connectivity index (χ1v) is 9.56. The molecule has 4 nitrogen and oxygen atoms in total. The summed E-state index contributed by atoms with van der Waals surface area (Å²) >= 11 is 0. The molecular formula is C19H30N2O2. The average molecular weight is 318 g/mol. The number of rotatable bonds is 5. The largest absolute Gasteiger partial charge is 0.355 e. The molecule has 0 radical (unpaired) electrons. The minimum atomic E-state index is 0.141. The van der Waals surface area contributed by atoms with Crippen LogP contribution in [0.4, 0.5) is 0 Å². The van der Waals surface area contributed by atoms with E-state index in [4.69, 9.17) is 0 Å². The van der Waals surface area contributed by atoms with Crippen LogP contribution in [0.3, 0.4) is 0 Å². The van der Waals surface area contributed by atoms with Crippen LogP contribution in [-0.2, 0) is 9.59 Å². The van der Waals surface area contributed by atoms with Gasteiger partial charge in [-0.15, -0.1) is 0 Å². The maximum atomic E-state index is 12.6. The van der Waals surface area contributed by atoms with E-state index in [9.17, 15) is 9.59 Å². The lowest BCUT2D eigenvalue weighted by Gasteiger charge is -2.56. The first-order chi connectivity index (χ1) is 11.0. The molecule has 0 aliphatic heterocycles. The highest BCUT2D eigenvalue weighted by molar-refractivity contribution is 5.82. The molecule has 5 aliphatic rings. The Labute approximate surface area is 139 Å². The van der Waals surface area contributed by atoms with Crippen LogP contribution in [-0.4, -0.2) is 36.3 Å². The van der Waals surface area contributed by atoms with E-state index in [-0.39, 0.29) is 17.7 Å². The highest BCUT2D eigenvalue weighted by Crippen LogP contribution is 2.55. The molecule has 4 bridgehead atoms. The summed E-state index contributed by atoms with van der Waals surface area (Å²) in [4.78, 5) is 26.4. The normalized spacial score (nSPS) is 43.3. The fraction of sp³-hybridized carbons (Fsp3) is 0.895. The van der Waals surface area contributed by atoms with Gasteiger partial charge in [0.25, 0.3) is 0 Å². The second kappa shape index (κ2) is 5.78. The fourth-order valence-electron chi connectivity index (χ4n) is 5.98. The number of carbonyl (C=O) groups is 2. The van der Waals surface area contributed by atoms with E-state index < -0.39 is 0 Å². The lowest BCUT2D eigenvalue weighted by atomic mass is 9.54. The van der Waals surface area contributed by atoms with Gasteiger partial charge in [-0.05, 0) is 68.1 Å². The van der Waals surface area contributed by atoms with Crippen molar-refractivity contribution in [1.82, 2.24) is 10.2 Å². The third-order valence-electron chi connectivity index (χ3n) is 7.10. The van der Waals surface area contributed by atoms with Crippen LogP contribution in [0.25, 0.3) is 0 Å². The number of amides is 2. The third kappa shape index (κ3) is 2.89. The third-order valence-corrected chi connectivity index (χ3v) is 7.10. The zero-order valence-electron chi connectivity index (χ0n) is 14.5. The molecule has 0 aromatic heterocycles. The predicted octanol–water partition coefficient (Wildman–Crippen LogP) is 2.43. The molecule has 0 aromatic rings. The summed E-state index contributed by atoms with van der Waals surface area (Å²) in [6.45, 7) is 2.61. The molecule has 5 fully saturated rings. The van der Waals surface area contributed by atoms with Gasteiger partial charge in [-0.25, -0.2) is 0 Å². The van der Waals surface area contributed by atoms with Gasteiger partial charge in [0.05, 0.1) is 0 Å². The van der Waals surface area contributed by atoms with Crippen LogP contribution >= 0.6 is 0 Å². The van der Waals surface area contributed by atoms with Crippen molar-refractivity contribution in [3.8, 4) is 0 Å². The molecule has 0 unspecified atom stereocenters. The highest BCUT2D eigenvalue weighted by atomic mass is 16.2. The number of nitrogens with one attached hydrogen (secondary N) is 1. The Morgan fingerprint density at radius 1 is 1.00 bits per heavy atom. The molecular weight excluding hydrogens is 288 g/mol. The lowest BCUT2D eigenvalue weighted by Crippen LogP contribution is -2.56. The van der Waals surface area contributed by atoms with E-state index in [0.29, 0.717) is 24.9 Å². The van der Waals surface area contributed by atoms with Crippen LogP contribution in [0.15, 0.2) is 0 Å². The van der Waals surface area contributed by atoms with E-state index >= 15 is 0 Å². The van der Waals surface area contributed by atoms with Gasteiger partial charge in [0.15, 0.2) is 0 Å². The van der Waals surface area contributed by atoms with Crippen LogP contribution in [0, 0.1) is 35.5 Å². The molecule has 4 heteroatoms. The summed E-state index contributed by atoms with van der Waals surface area (Å²) in [6, 6.07) is 0.467. The monoisotopic (exact) mass is 318 g/mol. The van der Waals surface area contributed by atoms with Gasteiger partial charge in [0.2, 0.25) is 11.8 Å². The molecule has 0 heterocycles. The average Bonchev–Trinajstić information content (AvgIpc) is 3.22. The van der Waals surface area contributed by atoms with Crippen molar-refractivity contribution in [2.75, 3.05) is 13.6 Å². The molecule has 128 valence electrons. The van der Waals surface area contributed by atoms with E-state index in [2.05, 4.69) is 12.2 Å². The Balaban J connectivity index is 1.28. The van der Waals surface area contributed by atoms with E-state index in [1.807, 2.05) is 11.9 Å². The minimum absolute atomic E-state index is 0.141. The molecule has 2 atom stereocenters. The van der Waals surface area contributed by atoms with Crippen molar-refractivity contribution >= 4 is 11.8 Å². The van der Waals surface area contributed by atoms with E-state index in [1.54, 1.807) is 0 Å². The maximum Gasteiger partial charge on any atom is 0.224 e. The summed E-state index contributed by atoms with van der Waals surface area (Å²) in [5.74, 6) is 4.45. The minimum Gasteiger partial charge on any atom is -0.355 e. The summed E-state index contributed by atoms with van der Waals surface area (Å²) in [7, 11) is 2.00. The summed E-state index contributed by atoms with van der Waals surface area (Å²) in [5.41, 5.74) is 0. The molecule has 23 heavy (non-hydrogen) atoms. The maximum absolute atomic E-state index is 12.6. The zero-order valence-corrected chi connectivity index (χ0v) is 14.5. The molecule has 0 aromatic carbocycles. The SMILES string of the molecule is C[C@@H]1C[C@@H]1C(=O)NCCC(=O)N(C)C1C2CC3CC(C2)CC1C3. The van der Waals surface area contributed by atoms with Gasteiger partial charge in [-0.3, -0.25) is 9.59 Å². The van der Waals surface area contributed by atoms with Crippen molar-refractivity contribution in [3.05, 3.63) is 0 Å². The second-order valence-electron chi connectivity index (χ2n) is 8.79. The van der Waals surface area contributed by atoms with E-state index in [0.717, 1.165) is 30.1 Å². The highest BCUT2D eigenvalue weighted by Gasteiger charge is 2.50. The predicted molar refractivity (Wildman–Crippen MR) is 88.5 cm³/mol. The van der Waals surface area contributed by atoms with Crippen molar-refractivity contribution < 1.29 is 9.59 Å². The standard InChI is InChI=1S/C19H30N2O2/c1-11-5-16(11)19(23)20-4-3-17(22)21(2)18-14-7-12-6-13(9-14)10-15(18)8-12/h11-16,18H,3-10H2,1-2H3,(H,20,23)/t11-,12?,13?,14?,15?,16+,18?/m1/s1. The van der Waals surface area contributed by atoms with Gasteiger partial charge in [0.1, 0.15) is 0 Å². The van der Waals surface area contributed by atoms with Crippen molar-refractivity contribution in [2.24, 2.45) is 35.5 Å². The van der Waals surface area contributed by atoms with Crippen LogP contribution in [0.5, 0.6) is 0 Å². The first-order valence-electron chi connectivity index (χ1n) is 9.56. The van der Waals surface area contributed by atoms with Gasteiger partial charge in [-0.2, -0.15) is 0 Å². The Morgan fingerprint density at radius 3 is 2.09 bits per heavy atom. The molecule has 5 rings (SSSR count). The van der Waals surface area contributed by atoms with Gasteiger partial charge < -0.3 is 10.2 Å². The van der Waals surface area contributed by atoms with Crippen molar-refractivity contribution in [3.63, 3.8) is 0 Å². The van der Waals surface area contributed by atoms with E-state index in [1.165, 1.54) is 32.1 Å². The van der Waals surface area contributed by atoms with Crippen LogP contribution in [0.2, 0.25) is 0 Å². The van der Waals surface area contributed by atoms with Crippen molar-refractivity contribution in [2.45, 2.75) is 57.9 Å². The van der Waals surface area contributed by atoms with Gasteiger partial charge >= 0.3 is 0 Å². The molecule has 5 saturated carbocycles. The smallest absolute Gasteiger partial charge is 0.224 e. The fourth-order valence-corrected chi connectivity index (χ4v) is 5.98. The number of hydrogen-bond donors (Lipinski definition) is 1. The molecule has 5 aliphatic carbocycles. The molecule has 0 saturated heterocycles.